The minimum absolute atomic E-state index is 0.0914. The van der Waals surface area contributed by atoms with Gasteiger partial charge in [0.25, 0.3) is 5.91 Å². The summed E-state index contributed by atoms with van der Waals surface area (Å²) in [5.41, 5.74) is 0.961. The molecule has 2 aromatic heterocycles. The summed E-state index contributed by atoms with van der Waals surface area (Å²) in [5.74, 6) is 0.0945. The van der Waals surface area contributed by atoms with Crippen LogP contribution in [-0.2, 0) is 0 Å². The summed E-state index contributed by atoms with van der Waals surface area (Å²) in [6.07, 6.45) is 4.90. The monoisotopic (exact) mass is 216 g/mol. The van der Waals surface area contributed by atoms with Gasteiger partial charge in [0.15, 0.2) is 5.76 Å². The number of nitrogens with zero attached hydrogens (tertiary/aromatic N) is 1. The molecule has 0 spiro atoms. The van der Waals surface area contributed by atoms with Gasteiger partial charge in [-0.25, -0.2) is 0 Å². The lowest BCUT2D eigenvalue weighted by atomic mass is 10.1. The second-order valence-electron chi connectivity index (χ2n) is 3.46. The minimum Gasteiger partial charge on any atom is -0.459 e. The van der Waals surface area contributed by atoms with Crippen molar-refractivity contribution in [2.45, 2.75) is 13.0 Å². The molecule has 2 aromatic rings. The summed E-state index contributed by atoms with van der Waals surface area (Å²) < 4.78 is 5.00. The van der Waals surface area contributed by atoms with Crippen molar-refractivity contribution < 1.29 is 9.21 Å². The Bertz CT molecular complexity index is 451. The average Bonchev–Trinajstić information content (AvgIpc) is 2.83. The summed E-state index contributed by atoms with van der Waals surface area (Å²) in [5, 5.41) is 2.83. The fraction of sp³-hybridized carbons (Fsp3) is 0.167. The van der Waals surface area contributed by atoms with Crippen LogP contribution in [0.2, 0.25) is 0 Å². The van der Waals surface area contributed by atoms with E-state index in [1.54, 1.807) is 24.5 Å². The smallest absolute Gasteiger partial charge is 0.287 e. The predicted molar refractivity (Wildman–Crippen MR) is 58.8 cm³/mol. The Hall–Kier alpha value is -2.10. The van der Waals surface area contributed by atoms with Crippen molar-refractivity contribution in [1.82, 2.24) is 10.3 Å². The maximum Gasteiger partial charge on any atom is 0.287 e. The Labute approximate surface area is 93.3 Å². The van der Waals surface area contributed by atoms with Gasteiger partial charge >= 0.3 is 0 Å². The van der Waals surface area contributed by atoms with Crippen LogP contribution in [0.5, 0.6) is 0 Å². The highest BCUT2D eigenvalue weighted by atomic mass is 16.3. The summed E-state index contributed by atoms with van der Waals surface area (Å²) >= 11 is 0. The zero-order chi connectivity index (χ0) is 11.4. The van der Waals surface area contributed by atoms with Crippen molar-refractivity contribution in [2.24, 2.45) is 0 Å². The number of carbonyl (C=O) groups excluding carboxylic acids is 1. The highest BCUT2D eigenvalue weighted by molar-refractivity contribution is 5.91. The van der Waals surface area contributed by atoms with Crippen LogP contribution in [0.15, 0.2) is 47.3 Å². The molecule has 0 bridgehead atoms. The molecule has 4 heteroatoms. The third-order valence-electron chi connectivity index (χ3n) is 2.28. The van der Waals surface area contributed by atoms with Gasteiger partial charge in [0, 0.05) is 12.4 Å². The molecule has 0 saturated heterocycles. The summed E-state index contributed by atoms with van der Waals surface area (Å²) in [4.78, 5) is 15.7. The lowest BCUT2D eigenvalue weighted by molar-refractivity contribution is 0.0912. The fourth-order valence-electron chi connectivity index (χ4n) is 1.39. The van der Waals surface area contributed by atoms with Crippen molar-refractivity contribution in [3.63, 3.8) is 0 Å². The number of nitrogens with one attached hydrogen (secondary N) is 1. The molecular formula is C12H12N2O2. The second kappa shape index (κ2) is 4.61. The Morgan fingerprint density at radius 2 is 2.31 bits per heavy atom. The van der Waals surface area contributed by atoms with E-state index in [9.17, 15) is 4.79 Å². The van der Waals surface area contributed by atoms with Crippen molar-refractivity contribution >= 4 is 5.91 Å². The molecule has 0 aliphatic carbocycles. The number of hydrogen-bond donors (Lipinski definition) is 1. The van der Waals surface area contributed by atoms with E-state index in [0.717, 1.165) is 5.56 Å². The molecule has 0 saturated carbocycles. The number of amides is 1. The molecule has 2 heterocycles. The second-order valence-corrected chi connectivity index (χ2v) is 3.46. The fourth-order valence-corrected chi connectivity index (χ4v) is 1.39. The van der Waals surface area contributed by atoms with Crippen molar-refractivity contribution in [1.29, 1.82) is 0 Å². The molecule has 82 valence electrons. The molecule has 1 unspecified atom stereocenters. The number of carbonyl (C=O) groups is 1. The van der Waals surface area contributed by atoms with Crippen LogP contribution < -0.4 is 5.32 Å². The van der Waals surface area contributed by atoms with Gasteiger partial charge in [0.05, 0.1) is 12.3 Å². The summed E-state index contributed by atoms with van der Waals surface area (Å²) in [6.45, 7) is 1.90. The molecule has 0 aliphatic rings. The third kappa shape index (κ3) is 2.28. The molecular weight excluding hydrogens is 204 g/mol. The van der Waals surface area contributed by atoms with Crippen molar-refractivity contribution in [3.8, 4) is 0 Å². The molecule has 16 heavy (non-hydrogen) atoms. The Balaban J connectivity index is 2.03. The minimum atomic E-state index is -0.221. The Kier molecular flexibility index (Phi) is 3.00. The van der Waals surface area contributed by atoms with Gasteiger partial charge in [-0.1, -0.05) is 6.07 Å². The quantitative estimate of drug-likeness (QED) is 0.855. The molecule has 2 rings (SSSR count). The van der Waals surface area contributed by atoms with Crippen LogP contribution in [0.4, 0.5) is 0 Å². The lowest BCUT2D eigenvalue weighted by Gasteiger charge is -2.12. The molecule has 4 nitrogen and oxygen atoms in total. The molecule has 0 radical (unpaired) electrons. The first-order chi connectivity index (χ1) is 7.77. The van der Waals surface area contributed by atoms with Gasteiger partial charge in [-0.15, -0.1) is 0 Å². The average molecular weight is 216 g/mol. The Morgan fingerprint density at radius 3 is 2.94 bits per heavy atom. The van der Waals surface area contributed by atoms with E-state index in [0.29, 0.717) is 5.76 Å². The van der Waals surface area contributed by atoms with E-state index in [1.165, 1.54) is 6.26 Å². The maximum absolute atomic E-state index is 11.7. The topological polar surface area (TPSA) is 55.1 Å². The van der Waals surface area contributed by atoms with Crippen molar-refractivity contribution in [2.75, 3.05) is 0 Å². The normalized spacial score (nSPS) is 12.1. The molecule has 1 amide bonds. The maximum atomic E-state index is 11.7. The van der Waals surface area contributed by atoms with Gasteiger partial charge in [-0.2, -0.15) is 0 Å². The zero-order valence-electron chi connectivity index (χ0n) is 8.88. The van der Waals surface area contributed by atoms with Crippen LogP contribution in [0.25, 0.3) is 0 Å². The van der Waals surface area contributed by atoms with E-state index >= 15 is 0 Å². The van der Waals surface area contributed by atoms with Crippen LogP contribution in [0.3, 0.4) is 0 Å². The van der Waals surface area contributed by atoms with E-state index < -0.39 is 0 Å². The lowest BCUT2D eigenvalue weighted by Crippen LogP contribution is -2.26. The molecule has 0 fully saturated rings. The van der Waals surface area contributed by atoms with Gasteiger partial charge in [0.1, 0.15) is 0 Å². The first kappa shape index (κ1) is 10.4. The summed E-state index contributed by atoms with van der Waals surface area (Å²) in [6, 6.07) is 6.98. The predicted octanol–water partition coefficient (Wildman–Crippen LogP) is 2.17. The number of aromatic nitrogens is 1. The highest BCUT2D eigenvalue weighted by Crippen LogP contribution is 2.11. The number of rotatable bonds is 3. The standard InChI is InChI=1S/C12H12N2O2/c1-9(10-4-2-6-13-8-10)14-12(15)11-5-3-7-16-11/h2-9H,1H3,(H,14,15). The van der Waals surface area contributed by atoms with E-state index in [1.807, 2.05) is 19.1 Å². The van der Waals surface area contributed by atoms with E-state index in [2.05, 4.69) is 10.3 Å². The Morgan fingerprint density at radius 1 is 1.44 bits per heavy atom. The van der Waals surface area contributed by atoms with Crippen LogP contribution in [0.1, 0.15) is 29.1 Å². The molecule has 0 aliphatic heterocycles. The van der Waals surface area contributed by atoms with E-state index in [-0.39, 0.29) is 11.9 Å². The highest BCUT2D eigenvalue weighted by Gasteiger charge is 2.12. The first-order valence-corrected chi connectivity index (χ1v) is 5.01. The third-order valence-corrected chi connectivity index (χ3v) is 2.28. The van der Waals surface area contributed by atoms with Crippen LogP contribution in [0, 0.1) is 0 Å². The van der Waals surface area contributed by atoms with E-state index in [4.69, 9.17) is 4.42 Å². The van der Waals surface area contributed by atoms with Gasteiger partial charge in [0.2, 0.25) is 0 Å². The van der Waals surface area contributed by atoms with Crippen LogP contribution >= 0.6 is 0 Å². The first-order valence-electron chi connectivity index (χ1n) is 5.01. The number of pyridine rings is 1. The van der Waals surface area contributed by atoms with Gasteiger partial charge in [-0.3, -0.25) is 9.78 Å². The summed E-state index contributed by atoms with van der Waals surface area (Å²) in [7, 11) is 0. The molecule has 1 N–H and O–H groups in total. The number of hydrogen-bond acceptors (Lipinski definition) is 3. The van der Waals surface area contributed by atoms with Gasteiger partial charge in [-0.05, 0) is 30.7 Å². The zero-order valence-corrected chi connectivity index (χ0v) is 8.88. The molecule has 0 aromatic carbocycles. The largest absolute Gasteiger partial charge is 0.459 e. The van der Waals surface area contributed by atoms with Crippen LogP contribution in [-0.4, -0.2) is 10.9 Å². The number of furan rings is 1. The van der Waals surface area contributed by atoms with Crippen molar-refractivity contribution in [3.05, 3.63) is 54.2 Å². The van der Waals surface area contributed by atoms with Gasteiger partial charge < -0.3 is 9.73 Å². The molecule has 1 atom stereocenters. The SMILES string of the molecule is CC(NC(=O)c1ccco1)c1cccnc1.